The molecule has 2 amide bonds. The summed E-state index contributed by atoms with van der Waals surface area (Å²) in [5, 5.41) is 5.32. The van der Waals surface area contributed by atoms with Gasteiger partial charge in [-0.2, -0.15) is 13.2 Å². The fourth-order valence-corrected chi connectivity index (χ4v) is 2.45. The molecule has 1 atom stereocenters. The molecular weight excluding hydrogens is 345 g/mol. The molecule has 138 valence electrons. The molecule has 7 heteroatoms. The van der Waals surface area contributed by atoms with Crippen LogP contribution in [0.5, 0.6) is 0 Å². The van der Waals surface area contributed by atoms with Crippen molar-refractivity contribution in [3.05, 3.63) is 65.2 Å². The molecule has 2 rings (SSSR count). The van der Waals surface area contributed by atoms with Crippen LogP contribution >= 0.6 is 0 Å². The fourth-order valence-electron chi connectivity index (χ4n) is 2.45. The van der Waals surface area contributed by atoms with Crippen molar-refractivity contribution in [3.63, 3.8) is 0 Å². The third-order valence-corrected chi connectivity index (χ3v) is 3.73. The van der Waals surface area contributed by atoms with Crippen LogP contribution < -0.4 is 10.6 Å². The van der Waals surface area contributed by atoms with E-state index >= 15 is 0 Å². The van der Waals surface area contributed by atoms with Crippen LogP contribution in [0.1, 0.15) is 36.6 Å². The fraction of sp³-hybridized carbons (Fsp3) is 0.263. The van der Waals surface area contributed by atoms with Gasteiger partial charge in [0.1, 0.15) is 0 Å². The largest absolute Gasteiger partial charge is 0.416 e. The van der Waals surface area contributed by atoms with Crippen LogP contribution in [-0.2, 0) is 22.2 Å². The summed E-state index contributed by atoms with van der Waals surface area (Å²) >= 11 is 0. The molecule has 4 nitrogen and oxygen atoms in total. The number of halogens is 3. The van der Waals surface area contributed by atoms with E-state index in [1.165, 1.54) is 13.0 Å². The third kappa shape index (κ3) is 5.61. The molecule has 0 unspecified atom stereocenters. The number of hydrogen-bond acceptors (Lipinski definition) is 2. The van der Waals surface area contributed by atoms with Crippen LogP contribution in [0.4, 0.5) is 18.9 Å². The molecule has 0 aliphatic carbocycles. The molecule has 2 N–H and O–H groups in total. The lowest BCUT2D eigenvalue weighted by molar-refractivity contribution is -0.137. The van der Waals surface area contributed by atoms with E-state index in [9.17, 15) is 22.8 Å². The maximum absolute atomic E-state index is 12.8. The van der Waals surface area contributed by atoms with E-state index in [2.05, 4.69) is 10.6 Å². The molecule has 0 spiro atoms. The summed E-state index contributed by atoms with van der Waals surface area (Å²) in [5.41, 5.74) is 0.991. The molecule has 0 aromatic heterocycles. The molecule has 0 heterocycles. The summed E-state index contributed by atoms with van der Waals surface area (Å²) in [7, 11) is 0. The second kappa shape index (κ2) is 8.03. The summed E-state index contributed by atoms with van der Waals surface area (Å²) in [4.78, 5) is 23.1. The summed E-state index contributed by atoms with van der Waals surface area (Å²) in [6.45, 7) is 3.03. The van der Waals surface area contributed by atoms with E-state index in [-0.39, 0.29) is 18.2 Å². The van der Waals surface area contributed by atoms with E-state index < -0.39 is 17.8 Å². The summed E-state index contributed by atoms with van der Waals surface area (Å²) in [6.07, 6.45) is -4.33. The smallest absolute Gasteiger partial charge is 0.349 e. The number of anilines is 1. The molecular formula is C19H19F3N2O2. The topological polar surface area (TPSA) is 58.2 Å². The van der Waals surface area contributed by atoms with E-state index in [1.807, 2.05) is 0 Å². The molecule has 0 aliphatic rings. The first-order valence-electron chi connectivity index (χ1n) is 7.98. The lowest BCUT2D eigenvalue weighted by Crippen LogP contribution is -2.28. The predicted molar refractivity (Wildman–Crippen MR) is 92.5 cm³/mol. The highest BCUT2D eigenvalue weighted by molar-refractivity contribution is 5.88. The van der Waals surface area contributed by atoms with Crippen molar-refractivity contribution < 1.29 is 22.8 Å². The molecule has 2 aromatic carbocycles. The highest BCUT2D eigenvalue weighted by atomic mass is 19.4. The molecule has 0 saturated heterocycles. The lowest BCUT2D eigenvalue weighted by Gasteiger charge is -2.16. The minimum absolute atomic E-state index is 0.0870. The maximum Gasteiger partial charge on any atom is 0.416 e. The predicted octanol–water partition coefficient (Wildman–Crippen LogP) is 4.08. The van der Waals surface area contributed by atoms with E-state index in [4.69, 9.17) is 0 Å². The zero-order valence-corrected chi connectivity index (χ0v) is 14.4. The van der Waals surface area contributed by atoms with Gasteiger partial charge in [0.15, 0.2) is 0 Å². The van der Waals surface area contributed by atoms with Crippen LogP contribution in [0.25, 0.3) is 0 Å². The van der Waals surface area contributed by atoms with Crippen molar-refractivity contribution in [1.29, 1.82) is 0 Å². The lowest BCUT2D eigenvalue weighted by atomic mass is 10.0. The van der Waals surface area contributed by atoms with Crippen molar-refractivity contribution >= 4 is 17.5 Å². The second-order valence-electron chi connectivity index (χ2n) is 5.97. The maximum atomic E-state index is 12.8. The SMILES string of the molecule is CC(=O)Nc1ccc(CC(=O)N[C@H](C)c2cccc(C(F)(F)F)c2)cc1. The third-order valence-electron chi connectivity index (χ3n) is 3.73. The van der Waals surface area contributed by atoms with Crippen LogP contribution in [0.2, 0.25) is 0 Å². The first-order chi connectivity index (χ1) is 12.1. The quantitative estimate of drug-likeness (QED) is 0.840. The van der Waals surface area contributed by atoms with Crippen LogP contribution in [0.15, 0.2) is 48.5 Å². The van der Waals surface area contributed by atoms with Gasteiger partial charge in [-0.25, -0.2) is 0 Å². The zero-order valence-electron chi connectivity index (χ0n) is 14.4. The minimum Gasteiger partial charge on any atom is -0.349 e. The van der Waals surface area contributed by atoms with Crippen molar-refractivity contribution in [2.24, 2.45) is 0 Å². The number of rotatable bonds is 5. The van der Waals surface area contributed by atoms with Gasteiger partial charge in [0.05, 0.1) is 18.0 Å². The number of carbonyl (C=O) groups is 2. The summed E-state index contributed by atoms with van der Waals surface area (Å²) in [6, 6.07) is 11.1. The Bertz CT molecular complexity index is 786. The number of amides is 2. The molecule has 26 heavy (non-hydrogen) atoms. The average Bonchev–Trinajstić information content (AvgIpc) is 2.55. The summed E-state index contributed by atoms with van der Waals surface area (Å²) in [5.74, 6) is -0.493. The number of alkyl halides is 3. The number of nitrogens with one attached hydrogen (secondary N) is 2. The van der Waals surface area contributed by atoms with Crippen LogP contribution in [0.3, 0.4) is 0 Å². The Balaban J connectivity index is 1.98. The standard InChI is InChI=1S/C19H19F3N2O2/c1-12(15-4-3-5-16(11-15)19(20,21)22)23-18(26)10-14-6-8-17(9-7-14)24-13(2)25/h3-9,11-12H,10H2,1-2H3,(H,23,26)(H,24,25)/t12-/m1/s1. The first-order valence-corrected chi connectivity index (χ1v) is 7.98. The Morgan fingerprint density at radius 3 is 2.31 bits per heavy atom. The monoisotopic (exact) mass is 364 g/mol. The van der Waals surface area contributed by atoms with Gasteiger partial charge in [0.25, 0.3) is 0 Å². The van der Waals surface area contributed by atoms with Crippen molar-refractivity contribution in [2.45, 2.75) is 32.5 Å². The molecule has 0 bridgehead atoms. The van der Waals surface area contributed by atoms with Crippen molar-refractivity contribution in [2.75, 3.05) is 5.32 Å². The van der Waals surface area contributed by atoms with Crippen LogP contribution in [-0.4, -0.2) is 11.8 Å². The van der Waals surface area contributed by atoms with Gasteiger partial charge in [-0.05, 0) is 42.3 Å². The number of benzene rings is 2. The van der Waals surface area contributed by atoms with Gasteiger partial charge in [-0.15, -0.1) is 0 Å². The van der Waals surface area contributed by atoms with Crippen molar-refractivity contribution in [1.82, 2.24) is 5.32 Å². The van der Waals surface area contributed by atoms with Gasteiger partial charge in [0.2, 0.25) is 11.8 Å². The van der Waals surface area contributed by atoms with Gasteiger partial charge < -0.3 is 10.6 Å². The number of hydrogen-bond donors (Lipinski definition) is 2. The molecule has 0 aliphatic heterocycles. The minimum atomic E-state index is -4.42. The van der Waals surface area contributed by atoms with Gasteiger partial charge in [0, 0.05) is 12.6 Å². The highest BCUT2D eigenvalue weighted by Crippen LogP contribution is 2.30. The van der Waals surface area contributed by atoms with Crippen molar-refractivity contribution in [3.8, 4) is 0 Å². The molecule has 0 radical (unpaired) electrons. The normalized spacial score (nSPS) is 12.3. The second-order valence-corrected chi connectivity index (χ2v) is 5.97. The average molecular weight is 364 g/mol. The van der Waals surface area contributed by atoms with Gasteiger partial charge >= 0.3 is 6.18 Å². The van der Waals surface area contributed by atoms with E-state index in [0.717, 1.165) is 17.7 Å². The Morgan fingerprint density at radius 2 is 1.73 bits per heavy atom. The van der Waals surface area contributed by atoms with Crippen LogP contribution in [0, 0.1) is 0 Å². The first kappa shape index (κ1) is 19.5. The molecule has 0 saturated carbocycles. The summed E-state index contributed by atoms with van der Waals surface area (Å²) < 4.78 is 38.3. The Labute approximate surface area is 149 Å². The zero-order chi connectivity index (χ0) is 19.3. The van der Waals surface area contributed by atoms with E-state index in [0.29, 0.717) is 11.3 Å². The Kier molecular flexibility index (Phi) is 6.02. The Hall–Kier alpha value is -2.83. The van der Waals surface area contributed by atoms with Gasteiger partial charge in [-0.1, -0.05) is 24.3 Å². The number of carbonyl (C=O) groups excluding carboxylic acids is 2. The molecule has 2 aromatic rings. The Morgan fingerprint density at radius 1 is 1.08 bits per heavy atom. The highest BCUT2D eigenvalue weighted by Gasteiger charge is 2.30. The van der Waals surface area contributed by atoms with E-state index in [1.54, 1.807) is 37.3 Å². The van der Waals surface area contributed by atoms with Gasteiger partial charge in [-0.3, -0.25) is 9.59 Å². The molecule has 0 fully saturated rings.